The van der Waals surface area contributed by atoms with Crippen molar-refractivity contribution in [3.8, 4) is 0 Å². The standard InChI is InChI=1S/C13H24N6O2/c1-4-8-18(6-3)9-7-15-13-11(19(20)21)12(14-5-2)16-10-17-13/h10H,4-9H2,1-3H3,(H2,14,15,16,17). The zero-order valence-electron chi connectivity index (χ0n) is 12.9. The van der Waals surface area contributed by atoms with Crippen molar-refractivity contribution in [1.82, 2.24) is 14.9 Å². The van der Waals surface area contributed by atoms with Gasteiger partial charge in [0.25, 0.3) is 0 Å². The molecule has 0 aliphatic rings. The summed E-state index contributed by atoms with van der Waals surface area (Å²) in [6.07, 6.45) is 2.42. The van der Waals surface area contributed by atoms with E-state index in [4.69, 9.17) is 0 Å². The highest BCUT2D eigenvalue weighted by molar-refractivity contribution is 5.69. The number of hydrogen-bond donors (Lipinski definition) is 2. The molecule has 0 bridgehead atoms. The molecule has 0 aliphatic carbocycles. The number of nitro groups is 1. The summed E-state index contributed by atoms with van der Waals surface area (Å²) in [5.41, 5.74) is -0.0992. The fraction of sp³-hybridized carbons (Fsp3) is 0.692. The van der Waals surface area contributed by atoms with Crippen molar-refractivity contribution in [2.24, 2.45) is 0 Å². The molecule has 8 nitrogen and oxygen atoms in total. The van der Waals surface area contributed by atoms with Gasteiger partial charge in [0, 0.05) is 19.6 Å². The summed E-state index contributed by atoms with van der Waals surface area (Å²) in [6.45, 7) is 10.1. The fourth-order valence-corrected chi connectivity index (χ4v) is 2.05. The topological polar surface area (TPSA) is 96.2 Å². The summed E-state index contributed by atoms with van der Waals surface area (Å²) in [6, 6.07) is 0. The molecule has 0 saturated heterocycles. The van der Waals surface area contributed by atoms with Gasteiger partial charge in [-0.25, -0.2) is 9.97 Å². The van der Waals surface area contributed by atoms with Crippen LogP contribution in [-0.2, 0) is 0 Å². The minimum atomic E-state index is -0.454. The molecule has 2 N–H and O–H groups in total. The van der Waals surface area contributed by atoms with E-state index in [1.54, 1.807) is 0 Å². The Morgan fingerprint density at radius 2 is 1.86 bits per heavy atom. The van der Waals surface area contributed by atoms with Gasteiger partial charge in [-0.1, -0.05) is 13.8 Å². The Labute approximate surface area is 125 Å². The Morgan fingerprint density at radius 1 is 1.19 bits per heavy atom. The van der Waals surface area contributed by atoms with E-state index in [-0.39, 0.29) is 17.3 Å². The van der Waals surface area contributed by atoms with E-state index in [0.717, 1.165) is 26.1 Å². The molecule has 0 unspecified atom stereocenters. The average molecular weight is 296 g/mol. The number of nitrogens with zero attached hydrogens (tertiary/aromatic N) is 4. The molecule has 1 heterocycles. The Bertz CT molecular complexity index is 454. The van der Waals surface area contributed by atoms with E-state index in [2.05, 4.69) is 39.3 Å². The number of hydrogen-bond acceptors (Lipinski definition) is 7. The second-order valence-corrected chi connectivity index (χ2v) is 4.57. The molecule has 8 heteroatoms. The minimum Gasteiger partial charge on any atom is -0.364 e. The fourth-order valence-electron chi connectivity index (χ4n) is 2.05. The molecule has 0 aromatic carbocycles. The second-order valence-electron chi connectivity index (χ2n) is 4.57. The first kappa shape index (κ1) is 17.1. The number of anilines is 2. The molecular formula is C13H24N6O2. The summed E-state index contributed by atoms with van der Waals surface area (Å²) in [5, 5.41) is 17.1. The van der Waals surface area contributed by atoms with Crippen LogP contribution < -0.4 is 10.6 Å². The summed E-state index contributed by atoms with van der Waals surface area (Å²) < 4.78 is 0. The third-order valence-corrected chi connectivity index (χ3v) is 3.06. The lowest BCUT2D eigenvalue weighted by Crippen LogP contribution is -2.30. The monoisotopic (exact) mass is 296 g/mol. The molecule has 21 heavy (non-hydrogen) atoms. The van der Waals surface area contributed by atoms with Crippen LogP contribution >= 0.6 is 0 Å². The van der Waals surface area contributed by atoms with Gasteiger partial charge in [0.15, 0.2) is 0 Å². The van der Waals surface area contributed by atoms with Crippen LogP contribution in [-0.4, -0.2) is 52.5 Å². The van der Waals surface area contributed by atoms with Gasteiger partial charge in [-0.2, -0.15) is 0 Å². The molecule has 0 amide bonds. The first-order chi connectivity index (χ1) is 10.1. The molecule has 0 spiro atoms. The maximum absolute atomic E-state index is 11.2. The van der Waals surface area contributed by atoms with Crippen molar-refractivity contribution in [2.45, 2.75) is 27.2 Å². The number of nitrogens with one attached hydrogen (secondary N) is 2. The van der Waals surface area contributed by atoms with Crippen LogP contribution in [0.3, 0.4) is 0 Å². The van der Waals surface area contributed by atoms with Gasteiger partial charge in [0.1, 0.15) is 6.33 Å². The molecule has 0 radical (unpaired) electrons. The highest BCUT2D eigenvalue weighted by Gasteiger charge is 2.22. The largest absolute Gasteiger partial charge is 0.364 e. The zero-order chi connectivity index (χ0) is 15.7. The lowest BCUT2D eigenvalue weighted by atomic mass is 10.3. The molecular weight excluding hydrogens is 272 g/mol. The van der Waals surface area contributed by atoms with Crippen LogP contribution in [0.15, 0.2) is 6.33 Å². The van der Waals surface area contributed by atoms with Crippen molar-refractivity contribution in [1.29, 1.82) is 0 Å². The third kappa shape index (κ3) is 5.14. The van der Waals surface area contributed by atoms with Gasteiger partial charge < -0.3 is 15.5 Å². The van der Waals surface area contributed by atoms with E-state index in [0.29, 0.717) is 13.1 Å². The van der Waals surface area contributed by atoms with E-state index in [1.165, 1.54) is 6.33 Å². The molecule has 1 rings (SSSR count). The van der Waals surface area contributed by atoms with E-state index >= 15 is 0 Å². The molecule has 0 fully saturated rings. The number of likely N-dealkylation sites (N-methyl/N-ethyl adjacent to an activating group) is 1. The Kier molecular flexibility index (Phi) is 7.38. The summed E-state index contributed by atoms with van der Waals surface area (Å²) >= 11 is 0. The van der Waals surface area contributed by atoms with Crippen molar-refractivity contribution in [2.75, 3.05) is 43.4 Å². The predicted molar refractivity (Wildman–Crippen MR) is 83.7 cm³/mol. The summed E-state index contributed by atoms with van der Waals surface area (Å²) in [5.74, 6) is 0.513. The average Bonchev–Trinajstić information content (AvgIpc) is 2.46. The first-order valence-corrected chi connectivity index (χ1v) is 7.33. The molecule has 0 saturated carbocycles. The van der Waals surface area contributed by atoms with Crippen molar-refractivity contribution >= 4 is 17.3 Å². The van der Waals surface area contributed by atoms with Crippen molar-refractivity contribution in [3.63, 3.8) is 0 Å². The number of aromatic nitrogens is 2. The predicted octanol–water partition coefficient (Wildman–Crippen LogP) is 1.96. The highest BCUT2D eigenvalue weighted by Crippen LogP contribution is 2.28. The van der Waals surface area contributed by atoms with Crippen LogP contribution in [0.25, 0.3) is 0 Å². The van der Waals surface area contributed by atoms with Crippen molar-refractivity contribution in [3.05, 3.63) is 16.4 Å². The minimum absolute atomic E-state index is 0.0992. The highest BCUT2D eigenvalue weighted by atomic mass is 16.6. The lowest BCUT2D eigenvalue weighted by molar-refractivity contribution is -0.383. The van der Waals surface area contributed by atoms with Crippen LogP contribution in [0, 0.1) is 10.1 Å². The maximum Gasteiger partial charge on any atom is 0.353 e. The number of rotatable bonds is 10. The zero-order valence-corrected chi connectivity index (χ0v) is 12.9. The molecule has 1 aromatic rings. The van der Waals surface area contributed by atoms with E-state index < -0.39 is 4.92 Å². The Hall–Kier alpha value is -1.96. The SMILES string of the molecule is CCCN(CC)CCNc1ncnc(NCC)c1[N+](=O)[O-]. The maximum atomic E-state index is 11.2. The molecule has 1 aromatic heterocycles. The normalized spacial score (nSPS) is 10.7. The van der Waals surface area contributed by atoms with Crippen LogP contribution in [0.5, 0.6) is 0 Å². The summed E-state index contributed by atoms with van der Waals surface area (Å²) in [4.78, 5) is 21.0. The van der Waals surface area contributed by atoms with Gasteiger partial charge in [0.05, 0.1) is 4.92 Å². The van der Waals surface area contributed by atoms with Crippen LogP contribution in [0.1, 0.15) is 27.2 Å². The van der Waals surface area contributed by atoms with E-state index in [9.17, 15) is 10.1 Å². The van der Waals surface area contributed by atoms with Crippen LogP contribution in [0.2, 0.25) is 0 Å². The molecule has 118 valence electrons. The second kappa shape index (κ2) is 9.06. The first-order valence-electron chi connectivity index (χ1n) is 7.33. The van der Waals surface area contributed by atoms with Gasteiger partial charge in [-0.15, -0.1) is 0 Å². The van der Waals surface area contributed by atoms with E-state index in [1.807, 2.05) is 6.92 Å². The Balaban J connectivity index is 2.74. The molecule has 0 atom stereocenters. The molecule has 0 aliphatic heterocycles. The quantitative estimate of drug-likeness (QED) is 0.503. The van der Waals surface area contributed by atoms with Gasteiger partial charge >= 0.3 is 5.69 Å². The Morgan fingerprint density at radius 3 is 2.38 bits per heavy atom. The lowest BCUT2D eigenvalue weighted by Gasteiger charge is -2.19. The van der Waals surface area contributed by atoms with Gasteiger partial charge in [-0.05, 0) is 26.4 Å². The smallest absolute Gasteiger partial charge is 0.353 e. The van der Waals surface area contributed by atoms with Crippen LogP contribution in [0.4, 0.5) is 17.3 Å². The van der Waals surface area contributed by atoms with Gasteiger partial charge in [-0.3, -0.25) is 10.1 Å². The third-order valence-electron chi connectivity index (χ3n) is 3.06. The summed E-state index contributed by atoms with van der Waals surface area (Å²) in [7, 11) is 0. The van der Waals surface area contributed by atoms with Gasteiger partial charge in [0.2, 0.25) is 11.6 Å². The van der Waals surface area contributed by atoms with Crippen molar-refractivity contribution < 1.29 is 4.92 Å².